The number of rotatable bonds is 4. The summed E-state index contributed by atoms with van der Waals surface area (Å²) in [6, 6.07) is 7.03. The van der Waals surface area contributed by atoms with E-state index >= 15 is 0 Å². The molecule has 1 amide bonds. The Bertz CT molecular complexity index is 496. The van der Waals surface area contributed by atoms with Gasteiger partial charge in [-0.25, -0.2) is 0 Å². The molecule has 0 bridgehead atoms. The zero-order valence-electron chi connectivity index (χ0n) is 11.4. The highest BCUT2D eigenvalue weighted by molar-refractivity contribution is 5.95. The number of benzene rings is 1. The van der Waals surface area contributed by atoms with E-state index < -0.39 is 0 Å². The lowest BCUT2D eigenvalue weighted by Crippen LogP contribution is -2.28. The fourth-order valence-electron chi connectivity index (χ4n) is 2.96. The second kappa shape index (κ2) is 4.85. The van der Waals surface area contributed by atoms with Crippen molar-refractivity contribution in [2.75, 3.05) is 18.4 Å². The van der Waals surface area contributed by atoms with E-state index in [1.807, 2.05) is 19.1 Å². The fraction of sp³-hybridized carbons (Fsp3) is 0.533. The number of nitrogens with one attached hydrogen (secondary N) is 1. The summed E-state index contributed by atoms with van der Waals surface area (Å²) in [4.78, 5) is 13.9. The molecule has 0 radical (unpaired) electrons. The molecule has 3 N–H and O–H groups in total. The van der Waals surface area contributed by atoms with E-state index in [-0.39, 0.29) is 5.91 Å². The third-order valence-electron chi connectivity index (χ3n) is 4.24. The van der Waals surface area contributed by atoms with Crippen LogP contribution in [-0.4, -0.2) is 36.0 Å². The SMILES string of the molecule is Cc1c(NC2CCN(C3CC3)C2)cccc1C(N)=O. The zero-order valence-corrected chi connectivity index (χ0v) is 11.4. The normalized spacial score (nSPS) is 23.5. The predicted octanol–water partition coefficient (Wildman–Crippen LogP) is 1.74. The van der Waals surface area contributed by atoms with Crippen LogP contribution in [0.1, 0.15) is 35.2 Å². The average molecular weight is 259 g/mol. The van der Waals surface area contributed by atoms with E-state index in [1.54, 1.807) is 6.07 Å². The Morgan fingerprint density at radius 3 is 2.84 bits per heavy atom. The van der Waals surface area contributed by atoms with E-state index in [0.717, 1.165) is 23.8 Å². The summed E-state index contributed by atoms with van der Waals surface area (Å²) in [6.45, 7) is 4.26. The largest absolute Gasteiger partial charge is 0.381 e. The number of hydrogen-bond donors (Lipinski definition) is 2. The maximum atomic E-state index is 11.3. The molecule has 19 heavy (non-hydrogen) atoms. The predicted molar refractivity (Wildman–Crippen MR) is 76.3 cm³/mol. The van der Waals surface area contributed by atoms with Crippen molar-refractivity contribution >= 4 is 11.6 Å². The Morgan fingerprint density at radius 2 is 2.16 bits per heavy atom. The molecule has 2 fully saturated rings. The van der Waals surface area contributed by atoms with Gasteiger partial charge in [0.2, 0.25) is 5.91 Å². The lowest BCUT2D eigenvalue weighted by Gasteiger charge is -2.18. The highest BCUT2D eigenvalue weighted by Crippen LogP contribution is 2.31. The van der Waals surface area contributed by atoms with Crippen LogP contribution < -0.4 is 11.1 Å². The van der Waals surface area contributed by atoms with Gasteiger partial charge in [-0.3, -0.25) is 9.69 Å². The molecule has 102 valence electrons. The van der Waals surface area contributed by atoms with E-state index in [9.17, 15) is 4.79 Å². The van der Waals surface area contributed by atoms with Crippen LogP contribution in [-0.2, 0) is 0 Å². The van der Waals surface area contributed by atoms with Gasteiger partial charge in [0, 0.05) is 36.4 Å². The molecular weight excluding hydrogens is 238 g/mol. The van der Waals surface area contributed by atoms with Crippen LogP contribution >= 0.6 is 0 Å². The van der Waals surface area contributed by atoms with Gasteiger partial charge in [0.15, 0.2) is 0 Å². The first-order chi connectivity index (χ1) is 9.15. The summed E-state index contributed by atoms with van der Waals surface area (Å²) < 4.78 is 0. The van der Waals surface area contributed by atoms with Gasteiger partial charge in [-0.1, -0.05) is 6.07 Å². The fourth-order valence-corrected chi connectivity index (χ4v) is 2.96. The molecule has 1 aromatic carbocycles. The molecule has 1 aliphatic heterocycles. The standard InChI is InChI=1S/C15H21N3O/c1-10-13(15(16)19)3-2-4-14(10)17-11-7-8-18(9-11)12-5-6-12/h2-4,11-12,17H,5-9H2,1H3,(H2,16,19). The van der Waals surface area contributed by atoms with Crippen molar-refractivity contribution in [1.82, 2.24) is 4.90 Å². The summed E-state index contributed by atoms with van der Waals surface area (Å²) in [5.41, 5.74) is 8.00. The number of amides is 1. The number of likely N-dealkylation sites (tertiary alicyclic amines) is 1. The molecule has 1 saturated carbocycles. The number of carbonyl (C=O) groups is 1. The van der Waals surface area contributed by atoms with E-state index in [1.165, 1.54) is 25.8 Å². The van der Waals surface area contributed by atoms with Gasteiger partial charge in [-0.15, -0.1) is 0 Å². The van der Waals surface area contributed by atoms with Crippen LogP contribution in [0, 0.1) is 6.92 Å². The third kappa shape index (κ3) is 2.59. The zero-order chi connectivity index (χ0) is 13.4. The quantitative estimate of drug-likeness (QED) is 0.866. The molecule has 1 aromatic rings. The number of carbonyl (C=O) groups excluding carboxylic acids is 1. The second-order valence-corrected chi connectivity index (χ2v) is 5.70. The summed E-state index contributed by atoms with van der Waals surface area (Å²) in [7, 11) is 0. The molecule has 1 saturated heterocycles. The minimum Gasteiger partial charge on any atom is -0.381 e. The topological polar surface area (TPSA) is 58.4 Å². The van der Waals surface area contributed by atoms with Crippen LogP contribution in [0.25, 0.3) is 0 Å². The Balaban J connectivity index is 1.69. The van der Waals surface area contributed by atoms with Crippen molar-refractivity contribution in [1.29, 1.82) is 0 Å². The lowest BCUT2D eigenvalue weighted by atomic mass is 10.1. The first-order valence-corrected chi connectivity index (χ1v) is 7.05. The minimum atomic E-state index is -0.354. The second-order valence-electron chi connectivity index (χ2n) is 5.70. The Hall–Kier alpha value is -1.55. The molecule has 0 aromatic heterocycles. The first-order valence-electron chi connectivity index (χ1n) is 7.05. The van der Waals surface area contributed by atoms with Crippen LogP contribution in [0.15, 0.2) is 18.2 Å². The lowest BCUT2D eigenvalue weighted by molar-refractivity contribution is 0.1000. The molecule has 4 heteroatoms. The van der Waals surface area contributed by atoms with Gasteiger partial charge >= 0.3 is 0 Å². The Labute approximate surface area is 114 Å². The molecule has 3 rings (SSSR count). The van der Waals surface area contributed by atoms with Crippen molar-refractivity contribution in [3.05, 3.63) is 29.3 Å². The van der Waals surface area contributed by atoms with Gasteiger partial charge in [0.1, 0.15) is 0 Å². The number of anilines is 1. The molecule has 2 aliphatic rings. The number of nitrogens with zero attached hydrogens (tertiary/aromatic N) is 1. The van der Waals surface area contributed by atoms with E-state index in [4.69, 9.17) is 5.73 Å². The van der Waals surface area contributed by atoms with Gasteiger partial charge in [-0.05, 0) is 43.9 Å². The number of primary amides is 1. The number of hydrogen-bond acceptors (Lipinski definition) is 3. The molecule has 0 spiro atoms. The summed E-state index contributed by atoms with van der Waals surface area (Å²) in [5, 5.41) is 3.57. The Morgan fingerprint density at radius 1 is 1.37 bits per heavy atom. The van der Waals surface area contributed by atoms with Crippen LogP contribution in [0.4, 0.5) is 5.69 Å². The molecule has 1 aliphatic carbocycles. The first kappa shape index (κ1) is 12.5. The van der Waals surface area contributed by atoms with Crippen molar-refractivity contribution in [2.24, 2.45) is 5.73 Å². The van der Waals surface area contributed by atoms with Gasteiger partial charge in [0.25, 0.3) is 0 Å². The summed E-state index contributed by atoms with van der Waals surface area (Å²) in [6.07, 6.45) is 3.91. The highest BCUT2D eigenvalue weighted by Gasteiger charge is 2.34. The van der Waals surface area contributed by atoms with Gasteiger partial charge < -0.3 is 11.1 Å². The van der Waals surface area contributed by atoms with Gasteiger partial charge in [0.05, 0.1) is 0 Å². The van der Waals surface area contributed by atoms with Crippen LogP contribution in [0.5, 0.6) is 0 Å². The maximum Gasteiger partial charge on any atom is 0.249 e. The third-order valence-corrected chi connectivity index (χ3v) is 4.24. The van der Waals surface area contributed by atoms with Crippen molar-refractivity contribution in [3.63, 3.8) is 0 Å². The Kier molecular flexibility index (Phi) is 3.19. The van der Waals surface area contributed by atoms with Crippen LogP contribution in [0.2, 0.25) is 0 Å². The van der Waals surface area contributed by atoms with E-state index in [2.05, 4.69) is 10.2 Å². The number of nitrogens with two attached hydrogens (primary N) is 1. The molecular formula is C15H21N3O. The molecule has 1 atom stereocenters. The maximum absolute atomic E-state index is 11.3. The van der Waals surface area contributed by atoms with Gasteiger partial charge in [-0.2, -0.15) is 0 Å². The summed E-state index contributed by atoms with van der Waals surface area (Å²) in [5.74, 6) is -0.354. The smallest absolute Gasteiger partial charge is 0.249 e. The minimum absolute atomic E-state index is 0.354. The summed E-state index contributed by atoms with van der Waals surface area (Å²) >= 11 is 0. The van der Waals surface area contributed by atoms with Crippen LogP contribution in [0.3, 0.4) is 0 Å². The monoisotopic (exact) mass is 259 g/mol. The van der Waals surface area contributed by atoms with Crippen molar-refractivity contribution in [2.45, 2.75) is 38.3 Å². The van der Waals surface area contributed by atoms with Crippen molar-refractivity contribution < 1.29 is 4.79 Å². The molecule has 1 unspecified atom stereocenters. The molecule has 1 heterocycles. The highest BCUT2D eigenvalue weighted by atomic mass is 16.1. The van der Waals surface area contributed by atoms with E-state index in [0.29, 0.717) is 11.6 Å². The average Bonchev–Trinajstić information content (AvgIpc) is 3.12. The molecule has 4 nitrogen and oxygen atoms in total. The van der Waals surface area contributed by atoms with Crippen molar-refractivity contribution in [3.8, 4) is 0 Å².